The molecule has 2 rings (SSSR count). The highest BCUT2D eigenvalue weighted by atomic mass is 16.3. The zero-order chi connectivity index (χ0) is 14.0. The van der Waals surface area contributed by atoms with E-state index in [9.17, 15) is 5.11 Å². The standard InChI is InChI=1S/C15H17N3O/c1-9(10(2)13-5-6-18-15(13)17)12-4-3-11(8-16)7-14(12)19/h3-4,7,18-19H,5-6,17H2,1-2H3/b10-9+. The lowest BCUT2D eigenvalue weighted by atomic mass is 9.95. The Labute approximate surface area is 112 Å². The molecule has 0 radical (unpaired) electrons. The van der Waals surface area contributed by atoms with Crippen molar-refractivity contribution >= 4 is 5.57 Å². The molecule has 1 aromatic carbocycles. The van der Waals surface area contributed by atoms with Crippen LogP contribution in [0.2, 0.25) is 0 Å². The largest absolute Gasteiger partial charge is 0.507 e. The van der Waals surface area contributed by atoms with Gasteiger partial charge in [-0.3, -0.25) is 0 Å². The maximum Gasteiger partial charge on any atom is 0.124 e. The summed E-state index contributed by atoms with van der Waals surface area (Å²) in [6.45, 7) is 4.81. The van der Waals surface area contributed by atoms with Gasteiger partial charge in [0.1, 0.15) is 5.75 Å². The minimum atomic E-state index is 0.126. The van der Waals surface area contributed by atoms with E-state index >= 15 is 0 Å². The lowest BCUT2D eigenvalue weighted by Crippen LogP contribution is -2.14. The molecule has 19 heavy (non-hydrogen) atoms. The normalized spacial score (nSPS) is 15.8. The van der Waals surface area contributed by atoms with Crippen molar-refractivity contribution in [1.82, 2.24) is 5.32 Å². The molecule has 0 atom stereocenters. The third-order valence-electron chi connectivity index (χ3n) is 3.56. The van der Waals surface area contributed by atoms with Crippen molar-refractivity contribution in [2.45, 2.75) is 20.3 Å². The maximum absolute atomic E-state index is 10.0. The van der Waals surface area contributed by atoms with Crippen molar-refractivity contribution in [3.05, 3.63) is 46.3 Å². The van der Waals surface area contributed by atoms with Gasteiger partial charge in [-0.05, 0) is 55.2 Å². The van der Waals surface area contributed by atoms with E-state index in [0.717, 1.165) is 35.2 Å². The van der Waals surface area contributed by atoms with Gasteiger partial charge in [-0.2, -0.15) is 5.26 Å². The predicted octanol–water partition coefficient (Wildman–Crippen LogP) is 2.22. The lowest BCUT2D eigenvalue weighted by molar-refractivity contribution is 0.473. The molecule has 0 aliphatic carbocycles. The van der Waals surface area contributed by atoms with Crippen LogP contribution in [0.5, 0.6) is 5.75 Å². The molecule has 0 saturated carbocycles. The van der Waals surface area contributed by atoms with Gasteiger partial charge in [0.05, 0.1) is 17.5 Å². The van der Waals surface area contributed by atoms with Crippen LogP contribution in [-0.2, 0) is 0 Å². The van der Waals surface area contributed by atoms with E-state index in [0.29, 0.717) is 11.4 Å². The first-order valence-corrected chi connectivity index (χ1v) is 6.18. The van der Waals surface area contributed by atoms with Crippen LogP contribution in [0.15, 0.2) is 35.2 Å². The number of nitrogens with one attached hydrogen (secondary N) is 1. The van der Waals surface area contributed by atoms with Crippen molar-refractivity contribution < 1.29 is 5.11 Å². The van der Waals surface area contributed by atoms with Gasteiger partial charge < -0.3 is 16.2 Å². The van der Waals surface area contributed by atoms with Crippen LogP contribution in [0, 0.1) is 11.3 Å². The summed E-state index contributed by atoms with van der Waals surface area (Å²) in [5.41, 5.74) is 10.2. The summed E-state index contributed by atoms with van der Waals surface area (Å²) >= 11 is 0. The van der Waals surface area contributed by atoms with Crippen LogP contribution in [0.25, 0.3) is 5.57 Å². The zero-order valence-corrected chi connectivity index (χ0v) is 11.1. The fourth-order valence-corrected chi connectivity index (χ4v) is 2.30. The zero-order valence-electron chi connectivity index (χ0n) is 11.1. The Morgan fingerprint density at radius 1 is 1.37 bits per heavy atom. The van der Waals surface area contributed by atoms with E-state index in [2.05, 4.69) is 5.32 Å². The second-order valence-electron chi connectivity index (χ2n) is 4.66. The SMILES string of the molecule is C/C(C1=C(N)NCC1)=C(/C)c1ccc(C#N)cc1O. The van der Waals surface area contributed by atoms with Gasteiger partial charge in [0.25, 0.3) is 0 Å². The van der Waals surface area contributed by atoms with Crippen LogP contribution in [-0.4, -0.2) is 11.7 Å². The summed E-state index contributed by atoms with van der Waals surface area (Å²) in [4.78, 5) is 0. The van der Waals surface area contributed by atoms with Crippen LogP contribution in [0.1, 0.15) is 31.4 Å². The number of rotatable bonds is 2. The first-order valence-electron chi connectivity index (χ1n) is 6.18. The molecule has 0 unspecified atom stereocenters. The summed E-state index contributed by atoms with van der Waals surface area (Å²) in [5, 5.41) is 21.9. The molecule has 0 spiro atoms. The number of benzene rings is 1. The smallest absolute Gasteiger partial charge is 0.124 e. The molecule has 1 aliphatic rings. The average Bonchev–Trinajstić information content (AvgIpc) is 2.83. The monoisotopic (exact) mass is 255 g/mol. The van der Waals surface area contributed by atoms with Crippen molar-refractivity contribution in [3.63, 3.8) is 0 Å². The van der Waals surface area contributed by atoms with Gasteiger partial charge in [-0.15, -0.1) is 0 Å². The second kappa shape index (κ2) is 5.07. The van der Waals surface area contributed by atoms with Crippen LogP contribution >= 0.6 is 0 Å². The fourth-order valence-electron chi connectivity index (χ4n) is 2.30. The summed E-state index contributed by atoms with van der Waals surface area (Å²) < 4.78 is 0. The topological polar surface area (TPSA) is 82.1 Å². The second-order valence-corrected chi connectivity index (χ2v) is 4.66. The van der Waals surface area contributed by atoms with E-state index in [4.69, 9.17) is 11.0 Å². The average molecular weight is 255 g/mol. The van der Waals surface area contributed by atoms with E-state index in [-0.39, 0.29) is 5.75 Å². The molecule has 4 nitrogen and oxygen atoms in total. The van der Waals surface area contributed by atoms with Crippen LogP contribution in [0.3, 0.4) is 0 Å². The molecule has 0 aromatic heterocycles. The number of aromatic hydroxyl groups is 1. The molecule has 0 saturated heterocycles. The Morgan fingerprint density at radius 2 is 2.11 bits per heavy atom. The predicted molar refractivity (Wildman–Crippen MR) is 74.9 cm³/mol. The van der Waals surface area contributed by atoms with Gasteiger partial charge in [0.15, 0.2) is 0 Å². The van der Waals surface area contributed by atoms with Gasteiger partial charge >= 0.3 is 0 Å². The van der Waals surface area contributed by atoms with E-state index in [1.807, 2.05) is 19.9 Å². The van der Waals surface area contributed by atoms with Gasteiger partial charge in [0, 0.05) is 12.1 Å². The van der Waals surface area contributed by atoms with Gasteiger partial charge in [-0.1, -0.05) is 0 Å². The number of allylic oxidation sites excluding steroid dienone is 2. The highest BCUT2D eigenvalue weighted by molar-refractivity contribution is 5.75. The number of nitriles is 1. The quantitative estimate of drug-likeness (QED) is 0.756. The highest BCUT2D eigenvalue weighted by Crippen LogP contribution is 2.32. The number of phenols is 1. The summed E-state index contributed by atoms with van der Waals surface area (Å²) in [7, 11) is 0. The van der Waals surface area contributed by atoms with Crippen molar-refractivity contribution in [2.24, 2.45) is 5.73 Å². The summed E-state index contributed by atoms with van der Waals surface area (Å²) in [6.07, 6.45) is 0.895. The number of hydrogen-bond donors (Lipinski definition) is 3. The first kappa shape index (κ1) is 13.0. The molecule has 0 fully saturated rings. The fraction of sp³-hybridized carbons (Fsp3) is 0.267. The molecule has 0 amide bonds. The third kappa shape index (κ3) is 2.41. The molecule has 4 heteroatoms. The Balaban J connectivity index is 2.47. The van der Waals surface area contributed by atoms with E-state index < -0.39 is 0 Å². The number of nitrogens with zero attached hydrogens (tertiary/aromatic N) is 1. The molecule has 0 bridgehead atoms. The van der Waals surface area contributed by atoms with Crippen molar-refractivity contribution in [3.8, 4) is 11.8 Å². The minimum absolute atomic E-state index is 0.126. The Bertz CT molecular complexity index is 621. The minimum Gasteiger partial charge on any atom is -0.507 e. The third-order valence-corrected chi connectivity index (χ3v) is 3.56. The maximum atomic E-state index is 10.0. The van der Waals surface area contributed by atoms with Gasteiger partial charge in [-0.25, -0.2) is 0 Å². The van der Waals surface area contributed by atoms with E-state index in [1.165, 1.54) is 6.07 Å². The molecular weight excluding hydrogens is 238 g/mol. The van der Waals surface area contributed by atoms with Crippen LogP contribution < -0.4 is 11.1 Å². The lowest BCUT2D eigenvalue weighted by Gasteiger charge is -2.11. The Hall–Kier alpha value is -2.41. The molecule has 1 heterocycles. The Morgan fingerprint density at radius 3 is 2.63 bits per heavy atom. The molecule has 1 aromatic rings. The van der Waals surface area contributed by atoms with Gasteiger partial charge in [0.2, 0.25) is 0 Å². The summed E-state index contributed by atoms with van der Waals surface area (Å²) in [6, 6.07) is 6.97. The van der Waals surface area contributed by atoms with Crippen molar-refractivity contribution in [2.75, 3.05) is 6.54 Å². The van der Waals surface area contributed by atoms with Crippen molar-refractivity contribution in [1.29, 1.82) is 5.26 Å². The number of nitrogens with two attached hydrogens (primary N) is 1. The summed E-state index contributed by atoms with van der Waals surface area (Å²) in [5.74, 6) is 0.839. The van der Waals surface area contributed by atoms with E-state index in [1.54, 1.807) is 12.1 Å². The molecule has 98 valence electrons. The molecular formula is C15H17N3O. The Kier molecular flexibility index (Phi) is 3.48. The number of hydrogen-bond acceptors (Lipinski definition) is 4. The van der Waals surface area contributed by atoms with Crippen LogP contribution in [0.4, 0.5) is 0 Å². The highest BCUT2D eigenvalue weighted by Gasteiger charge is 2.16. The molecule has 1 aliphatic heterocycles. The first-order chi connectivity index (χ1) is 9.04. The molecule has 4 N–H and O–H groups in total. The number of phenolic OH excluding ortho intramolecular Hbond substituents is 1.